The highest BCUT2D eigenvalue weighted by Gasteiger charge is 2.22. The van der Waals surface area contributed by atoms with Gasteiger partial charge in [-0.15, -0.1) is 0 Å². The van der Waals surface area contributed by atoms with E-state index in [0.29, 0.717) is 28.4 Å². The zero-order valence-corrected chi connectivity index (χ0v) is 14.6. The lowest BCUT2D eigenvalue weighted by Crippen LogP contribution is -2.17. The van der Waals surface area contributed by atoms with Crippen LogP contribution in [-0.2, 0) is 4.74 Å². The Hall–Kier alpha value is -2.67. The number of aryl methyl sites for hydroxylation is 1. The van der Waals surface area contributed by atoms with Crippen molar-refractivity contribution in [3.8, 4) is 0 Å². The smallest absolute Gasteiger partial charge is 0.337 e. The molecule has 0 spiro atoms. The van der Waals surface area contributed by atoms with Gasteiger partial charge in [-0.05, 0) is 38.0 Å². The number of rotatable bonds is 5. The second-order valence-corrected chi connectivity index (χ2v) is 6.15. The fourth-order valence-electron chi connectivity index (χ4n) is 2.25. The number of nitrogens with one attached hydrogen (secondary N) is 2. The first-order valence-corrected chi connectivity index (χ1v) is 8.15. The molecular formula is C17H17ClN4O3. The molecule has 8 heteroatoms. The summed E-state index contributed by atoms with van der Waals surface area (Å²) in [5.41, 5.74) is 0.815. The van der Waals surface area contributed by atoms with Gasteiger partial charge in [0.05, 0.1) is 23.4 Å². The van der Waals surface area contributed by atoms with E-state index in [-0.39, 0.29) is 11.3 Å². The average Bonchev–Trinajstić information content (AvgIpc) is 3.39. The lowest BCUT2D eigenvalue weighted by atomic mass is 10.2. The largest absolute Gasteiger partial charge is 0.465 e. The van der Waals surface area contributed by atoms with Crippen LogP contribution in [0.2, 0.25) is 5.02 Å². The maximum absolute atomic E-state index is 12.5. The van der Waals surface area contributed by atoms with Gasteiger partial charge in [0.2, 0.25) is 0 Å². The monoisotopic (exact) mass is 360 g/mol. The third-order valence-corrected chi connectivity index (χ3v) is 3.97. The summed E-state index contributed by atoms with van der Waals surface area (Å²) in [4.78, 5) is 32.6. The Morgan fingerprint density at radius 3 is 2.68 bits per heavy atom. The number of methoxy groups -OCH3 is 1. The van der Waals surface area contributed by atoms with E-state index in [4.69, 9.17) is 11.6 Å². The number of carbonyl (C=O) groups excluding carboxylic acids is 2. The summed E-state index contributed by atoms with van der Waals surface area (Å²) in [6.07, 6.45) is 2.20. The molecule has 1 fully saturated rings. The first-order chi connectivity index (χ1) is 12.0. The molecule has 0 saturated heterocycles. The van der Waals surface area contributed by atoms with Crippen molar-refractivity contribution in [2.45, 2.75) is 25.8 Å². The van der Waals surface area contributed by atoms with Gasteiger partial charge in [-0.2, -0.15) is 0 Å². The second-order valence-electron chi connectivity index (χ2n) is 5.74. The van der Waals surface area contributed by atoms with Gasteiger partial charge in [-0.25, -0.2) is 14.8 Å². The van der Waals surface area contributed by atoms with Gasteiger partial charge in [0.25, 0.3) is 5.91 Å². The van der Waals surface area contributed by atoms with Crippen molar-refractivity contribution in [3.05, 3.63) is 46.4 Å². The van der Waals surface area contributed by atoms with E-state index in [0.717, 1.165) is 12.8 Å². The van der Waals surface area contributed by atoms with E-state index >= 15 is 0 Å². The molecule has 0 radical (unpaired) electrons. The van der Waals surface area contributed by atoms with Crippen molar-refractivity contribution >= 4 is 35.0 Å². The van der Waals surface area contributed by atoms with Crippen molar-refractivity contribution in [1.29, 1.82) is 0 Å². The number of amides is 1. The number of benzene rings is 1. The molecule has 1 aromatic carbocycles. The Morgan fingerprint density at radius 1 is 1.24 bits per heavy atom. The molecule has 1 aromatic heterocycles. The number of nitrogens with zero attached hydrogens (tertiary/aromatic N) is 2. The van der Waals surface area contributed by atoms with Crippen LogP contribution in [0.4, 0.5) is 11.5 Å². The molecule has 1 saturated carbocycles. The molecule has 1 aliphatic carbocycles. The van der Waals surface area contributed by atoms with Gasteiger partial charge < -0.3 is 15.4 Å². The van der Waals surface area contributed by atoms with E-state index in [1.54, 1.807) is 13.0 Å². The molecular weight excluding hydrogens is 344 g/mol. The van der Waals surface area contributed by atoms with E-state index in [9.17, 15) is 9.59 Å². The van der Waals surface area contributed by atoms with Crippen LogP contribution in [-0.4, -0.2) is 35.0 Å². The summed E-state index contributed by atoms with van der Waals surface area (Å²) in [5.74, 6) is 0.161. The zero-order valence-electron chi connectivity index (χ0n) is 13.8. The molecule has 3 rings (SSSR count). The van der Waals surface area contributed by atoms with E-state index in [1.165, 1.54) is 25.3 Å². The molecule has 0 bridgehead atoms. The number of carbonyl (C=O) groups is 2. The Kier molecular flexibility index (Phi) is 4.85. The number of aromatic nitrogens is 2. The summed E-state index contributed by atoms with van der Waals surface area (Å²) >= 11 is 6.10. The van der Waals surface area contributed by atoms with E-state index in [2.05, 4.69) is 25.3 Å². The minimum atomic E-state index is -0.513. The maximum atomic E-state index is 12.5. The van der Waals surface area contributed by atoms with Crippen molar-refractivity contribution < 1.29 is 14.3 Å². The minimum Gasteiger partial charge on any atom is -0.465 e. The van der Waals surface area contributed by atoms with Gasteiger partial charge >= 0.3 is 5.97 Å². The van der Waals surface area contributed by atoms with Crippen LogP contribution < -0.4 is 10.6 Å². The van der Waals surface area contributed by atoms with Crippen LogP contribution >= 0.6 is 11.6 Å². The van der Waals surface area contributed by atoms with Gasteiger partial charge in [0.15, 0.2) is 0 Å². The summed E-state index contributed by atoms with van der Waals surface area (Å²) in [7, 11) is 1.28. The number of hydrogen-bond donors (Lipinski definition) is 2. The average molecular weight is 361 g/mol. The first kappa shape index (κ1) is 17.2. The lowest BCUT2D eigenvalue weighted by Gasteiger charge is -2.10. The maximum Gasteiger partial charge on any atom is 0.337 e. The highest BCUT2D eigenvalue weighted by molar-refractivity contribution is 6.34. The quantitative estimate of drug-likeness (QED) is 0.796. The van der Waals surface area contributed by atoms with E-state index < -0.39 is 11.9 Å². The van der Waals surface area contributed by atoms with Gasteiger partial charge in [-0.1, -0.05) is 11.6 Å². The molecule has 2 N–H and O–H groups in total. The van der Waals surface area contributed by atoms with Crippen LogP contribution in [0.15, 0.2) is 24.3 Å². The molecule has 1 heterocycles. The van der Waals surface area contributed by atoms with Crippen LogP contribution in [0.5, 0.6) is 0 Å². The third-order valence-electron chi connectivity index (χ3n) is 3.64. The van der Waals surface area contributed by atoms with Gasteiger partial charge in [0.1, 0.15) is 17.3 Å². The molecule has 25 heavy (non-hydrogen) atoms. The fraction of sp³-hybridized carbons (Fsp3) is 0.294. The van der Waals surface area contributed by atoms with Crippen LogP contribution in [0.3, 0.4) is 0 Å². The highest BCUT2D eigenvalue weighted by Crippen LogP contribution is 2.25. The van der Waals surface area contributed by atoms with Gasteiger partial charge in [0, 0.05) is 12.1 Å². The minimum absolute atomic E-state index is 0.218. The Labute approximate surface area is 149 Å². The zero-order chi connectivity index (χ0) is 18.0. The van der Waals surface area contributed by atoms with E-state index in [1.807, 2.05) is 0 Å². The molecule has 0 aliphatic heterocycles. The van der Waals surface area contributed by atoms with Crippen molar-refractivity contribution in [1.82, 2.24) is 9.97 Å². The predicted molar refractivity (Wildman–Crippen MR) is 94.2 cm³/mol. The number of anilines is 2. The molecule has 1 amide bonds. The summed E-state index contributed by atoms with van der Waals surface area (Å²) in [6.45, 7) is 1.72. The molecule has 0 unspecified atom stereocenters. The van der Waals surface area contributed by atoms with Crippen molar-refractivity contribution in [2.24, 2.45) is 0 Å². The molecule has 1 aliphatic rings. The number of halogens is 1. The highest BCUT2D eigenvalue weighted by atomic mass is 35.5. The molecule has 2 aromatic rings. The topological polar surface area (TPSA) is 93.2 Å². The fourth-order valence-corrected chi connectivity index (χ4v) is 2.41. The predicted octanol–water partition coefficient (Wildman–Crippen LogP) is 3.05. The normalized spacial score (nSPS) is 13.2. The second kappa shape index (κ2) is 7.06. The van der Waals surface area contributed by atoms with Crippen molar-refractivity contribution in [2.75, 3.05) is 17.7 Å². The Bertz CT molecular complexity index is 837. The first-order valence-electron chi connectivity index (χ1n) is 7.77. The Morgan fingerprint density at radius 2 is 2.00 bits per heavy atom. The SMILES string of the molecule is COC(=O)c1ccc(Cl)c(NC(=O)c2cc(NC3CC3)nc(C)n2)c1. The van der Waals surface area contributed by atoms with Crippen LogP contribution in [0.1, 0.15) is 39.5 Å². The standard InChI is InChI=1S/C17H17ClN4O3/c1-9-19-14(8-15(20-9)21-11-4-5-11)16(23)22-13-7-10(17(24)25-2)3-6-12(13)18/h3,6-8,11H,4-5H2,1-2H3,(H,22,23)(H,19,20,21). The van der Waals surface area contributed by atoms with Crippen LogP contribution in [0, 0.1) is 6.92 Å². The molecule has 130 valence electrons. The lowest BCUT2D eigenvalue weighted by molar-refractivity contribution is 0.0600. The Balaban J connectivity index is 1.82. The van der Waals surface area contributed by atoms with Gasteiger partial charge in [-0.3, -0.25) is 4.79 Å². The number of ether oxygens (including phenoxy) is 1. The number of hydrogen-bond acceptors (Lipinski definition) is 6. The third kappa shape index (κ3) is 4.24. The number of esters is 1. The van der Waals surface area contributed by atoms with Crippen LogP contribution in [0.25, 0.3) is 0 Å². The van der Waals surface area contributed by atoms with Crippen molar-refractivity contribution in [3.63, 3.8) is 0 Å². The summed E-state index contributed by atoms with van der Waals surface area (Å²) in [5, 5.41) is 6.22. The molecule has 7 nitrogen and oxygen atoms in total. The summed E-state index contributed by atoms with van der Waals surface area (Å²) < 4.78 is 4.67. The summed E-state index contributed by atoms with van der Waals surface area (Å²) in [6, 6.07) is 6.52. The molecule has 0 atom stereocenters.